The molecule has 1 saturated heterocycles. The Hall–Kier alpha value is -3.07. The average molecular weight is 487 g/mol. The van der Waals surface area contributed by atoms with Gasteiger partial charge in [0.15, 0.2) is 0 Å². The van der Waals surface area contributed by atoms with Crippen LogP contribution in [0.2, 0.25) is 5.02 Å². The summed E-state index contributed by atoms with van der Waals surface area (Å²) in [6, 6.07) is 8.93. The van der Waals surface area contributed by atoms with Gasteiger partial charge >= 0.3 is 6.01 Å². The summed E-state index contributed by atoms with van der Waals surface area (Å²) in [7, 11) is 1.64. The lowest BCUT2D eigenvalue weighted by Gasteiger charge is -2.39. The standard InChI is InChI=1S/C24H28ClFN6O2/c1-14(2)32-24(34-18-6-7-20(26)19(25)11-18)29-23(30-32)28-22-15-4-5-16(22)13-31(12-15)17-8-9-27-21(10-17)33-3/h6-11,14-16,22H,4-5,12-13H2,1-3H3,(H,28,30)/t15-,16+,22-. The van der Waals surface area contributed by atoms with E-state index in [9.17, 15) is 4.39 Å². The largest absolute Gasteiger partial charge is 0.481 e. The highest BCUT2D eigenvalue weighted by molar-refractivity contribution is 6.30. The van der Waals surface area contributed by atoms with Gasteiger partial charge in [-0.3, -0.25) is 0 Å². The zero-order chi connectivity index (χ0) is 23.8. The van der Waals surface area contributed by atoms with Crippen molar-refractivity contribution in [1.82, 2.24) is 19.7 Å². The SMILES string of the molecule is COc1cc(N2C[C@H]3CC[C@@H](C2)[C@@H]3Nc2nc(Oc3ccc(F)c(Cl)c3)n(C(C)C)n2)ccn1. The molecule has 3 heterocycles. The van der Waals surface area contributed by atoms with Crippen molar-refractivity contribution in [3.05, 3.63) is 47.4 Å². The summed E-state index contributed by atoms with van der Waals surface area (Å²) in [6.45, 7) is 5.91. The maximum absolute atomic E-state index is 13.5. The Morgan fingerprint density at radius 2 is 1.91 bits per heavy atom. The smallest absolute Gasteiger partial charge is 0.322 e. The fourth-order valence-corrected chi connectivity index (χ4v) is 5.12. The highest BCUT2D eigenvalue weighted by Crippen LogP contribution is 2.40. The van der Waals surface area contributed by atoms with E-state index in [0.717, 1.165) is 31.6 Å². The fourth-order valence-electron chi connectivity index (χ4n) is 4.95. The van der Waals surface area contributed by atoms with Gasteiger partial charge < -0.3 is 19.7 Å². The molecule has 0 amide bonds. The van der Waals surface area contributed by atoms with Gasteiger partial charge in [0.2, 0.25) is 11.8 Å². The molecule has 1 aliphatic carbocycles. The molecule has 1 aliphatic heterocycles. The van der Waals surface area contributed by atoms with Crippen LogP contribution >= 0.6 is 11.6 Å². The first-order chi connectivity index (χ1) is 16.4. The molecular weight excluding hydrogens is 459 g/mol. The van der Waals surface area contributed by atoms with Gasteiger partial charge in [-0.05, 0) is 56.7 Å². The lowest BCUT2D eigenvalue weighted by molar-refractivity contribution is 0.373. The van der Waals surface area contributed by atoms with Crippen molar-refractivity contribution in [3.63, 3.8) is 0 Å². The van der Waals surface area contributed by atoms with Crippen molar-refractivity contribution in [2.75, 3.05) is 30.4 Å². The number of anilines is 2. The molecular formula is C24H28ClFN6O2. The number of hydrogen-bond acceptors (Lipinski definition) is 7. The van der Waals surface area contributed by atoms with Crippen LogP contribution in [0, 0.1) is 17.7 Å². The molecule has 0 spiro atoms. The van der Waals surface area contributed by atoms with Crippen LogP contribution in [0.3, 0.4) is 0 Å². The molecule has 34 heavy (non-hydrogen) atoms. The molecule has 10 heteroatoms. The van der Waals surface area contributed by atoms with Crippen LogP contribution in [0.4, 0.5) is 16.0 Å². The van der Waals surface area contributed by atoms with Crippen molar-refractivity contribution in [2.24, 2.45) is 11.8 Å². The second-order valence-electron chi connectivity index (χ2n) is 9.16. The van der Waals surface area contributed by atoms with Gasteiger partial charge in [0.1, 0.15) is 11.6 Å². The summed E-state index contributed by atoms with van der Waals surface area (Å²) in [5.41, 5.74) is 1.14. The number of nitrogens with zero attached hydrogens (tertiary/aromatic N) is 5. The van der Waals surface area contributed by atoms with E-state index in [4.69, 9.17) is 21.1 Å². The van der Waals surface area contributed by atoms with Crippen LogP contribution in [-0.2, 0) is 0 Å². The van der Waals surface area contributed by atoms with Gasteiger partial charge in [-0.2, -0.15) is 4.98 Å². The summed E-state index contributed by atoms with van der Waals surface area (Å²) < 4.78 is 26.5. The van der Waals surface area contributed by atoms with Gasteiger partial charge in [-0.15, -0.1) is 5.10 Å². The number of halogens is 2. The van der Waals surface area contributed by atoms with Crippen molar-refractivity contribution in [3.8, 4) is 17.6 Å². The molecule has 8 nitrogen and oxygen atoms in total. The van der Waals surface area contributed by atoms with Crippen LogP contribution < -0.4 is 19.7 Å². The molecule has 3 aromatic rings. The van der Waals surface area contributed by atoms with E-state index in [1.807, 2.05) is 26.0 Å². The van der Waals surface area contributed by atoms with Gasteiger partial charge in [0.25, 0.3) is 0 Å². The Balaban J connectivity index is 1.32. The molecule has 2 bridgehead atoms. The van der Waals surface area contributed by atoms with E-state index >= 15 is 0 Å². The number of nitrogens with one attached hydrogen (secondary N) is 1. The normalized spacial score (nSPS) is 21.7. The highest BCUT2D eigenvalue weighted by Gasteiger charge is 2.42. The second-order valence-corrected chi connectivity index (χ2v) is 9.57. The third kappa shape index (κ3) is 4.49. The van der Waals surface area contributed by atoms with Crippen molar-refractivity contribution < 1.29 is 13.9 Å². The number of fused-ring (bicyclic) bond motifs is 2. The Labute approximate surface area is 203 Å². The Morgan fingerprint density at radius 3 is 2.59 bits per heavy atom. The van der Waals surface area contributed by atoms with Crippen LogP contribution in [0.25, 0.3) is 0 Å². The van der Waals surface area contributed by atoms with E-state index in [1.165, 1.54) is 18.2 Å². The minimum atomic E-state index is -0.492. The Morgan fingerprint density at radius 1 is 1.15 bits per heavy atom. The van der Waals surface area contributed by atoms with E-state index in [2.05, 4.69) is 25.3 Å². The Bertz CT molecular complexity index is 1160. The predicted octanol–water partition coefficient (Wildman–Crippen LogP) is 5.17. The van der Waals surface area contributed by atoms with Crippen molar-refractivity contribution >= 4 is 23.2 Å². The number of methoxy groups -OCH3 is 1. The summed E-state index contributed by atoms with van der Waals surface area (Å²) in [6.07, 6.45) is 4.10. The van der Waals surface area contributed by atoms with Gasteiger partial charge in [-0.25, -0.2) is 14.1 Å². The zero-order valence-corrected chi connectivity index (χ0v) is 20.2. The van der Waals surface area contributed by atoms with E-state index in [-0.39, 0.29) is 17.1 Å². The zero-order valence-electron chi connectivity index (χ0n) is 19.4. The summed E-state index contributed by atoms with van der Waals surface area (Å²) >= 11 is 5.90. The number of aromatic nitrogens is 4. The number of piperidine rings is 1. The molecule has 0 unspecified atom stereocenters. The molecule has 1 saturated carbocycles. The summed E-state index contributed by atoms with van der Waals surface area (Å²) in [4.78, 5) is 11.3. The maximum atomic E-state index is 13.5. The lowest BCUT2D eigenvalue weighted by atomic mass is 9.92. The monoisotopic (exact) mass is 486 g/mol. The molecule has 1 aromatic carbocycles. The number of ether oxygens (including phenoxy) is 2. The average Bonchev–Trinajstić information content (AvgIpc) is 3.32. The summed E-state index contributed by atoms with van der Waals surface area (Å²) in [5, 5.41) is 8.25. The first-order valence-corrected chi connectivity index (χ1v) is 11.9. The first-order valence-electron chi connectivity index (χ1n) is 11.5. The quantitative estimate of drug-likeness (QED) is 0.493. The molecule has 180 valence electrons. The van der Waals surface area contributed by atoms with Gasteiger partial charge in [0, 0.05) is 43.1 Å². The fraction of sp³-hybridized carbons (Fsp3) is 0.458. The topological polar surface area (TPSA) is 77.3 Å². The van der Waals surface area contributed by atoms with E-state index in [0.29, 0.717) is 35.4 Å². The first kappa shape index (κ1) is 22.7. The van der Waals surface area contributed by atoms with Crippen LogP contribution in [0.1, 0.15) is 32.7 Å². The van der Waals surface area contributed by atoms with Gasteiger partial charge in [-0.1, -0.05) is 11.6 Å². The van der Waals surface area contributed by atoms with Crippen LogP contribution in [0.5, 0.6) is 17.6 Å². The number of rotatable bonds is 7. The minimum Gasteiger partial charge on any atom is -0.481 e. The number of hydrogen-bond donors (Lipinski definition) is 1. The maximum Gasteiger partial charge on any atom is 0.322 e. The lowest BCUT2D eigenvalue weighted by Crippen LogP contribution is -2.48. The number of pyridine rings is 1. The third-order valence-corrected chi connectivity index (χ3v) is 6.90. The molecule has 2 aromatic heterocycles. The van der Waals surface area contributed by atoms with Crippen LogP contribution in [-0.4, -0.2) is 46.0 Å². The third-order valence-electron chi connectivity index (χ3n) is 6.61. The van der Waals surface area contributed by atoms with Crippen molar-refractivity contribution in [2.45, 2.75) is 38.8 Å². The molecule has 2 aliphatic rings. The molecule has 1 N–H and O–H groups in total. The molecule has 5 rings (SSSR count). The van der Waals surface area contributed by atoms with E-state index < -0.39 is 5.82 Å². The summed E-state index contributed by atoms with van der Waals surface area (Å²) in [5.74, 6) is 2.04. The molecule has 0 radical (unpaired) electrons. The highest BCUT2D eigenvalue weighted by atomic mass is 35.5. The minimum absolute atomic E-state index is 0.00149. The van der Waals surface area contributed by atoms with E-state index in [1.54, 1.807) is 18.0 Å². The molecule has 3 atom stereocenters. The number of benzene rings is 1. The second kappa shape index (κ2) is 9.29. The van der Waals surface area contributed by atoms with Gasteiger partial charge in [0.05, 0.1) is 18.2 Å². The van der Waals surface area contributed by atoms with Crippen molar-refractivity contribution in [1.29, 1.82) is 0 Å². The molecule has 2 fully saturated rings. The predicted molar refractivity (Wildman–Crippen MR) is 129 cm³/mol. The Kier molecular flexibility index (Phi) is 6.20. The van der Waals surface area contributed by atoms with Crippen LogP contribution in [0.15, 0.2) is 36.5 Å².